The van der Waals surface area contributed by atoms with Crippen LogP contribution < -0.4 is 0 Å². The molecule has 106 heavy (non-hydrogen) atoms. The van der Waals surface area contributed by atoms with Crippen LogP contribution in [0.15, 0.2) is 182 Å². The Bertz CT molecular complexity index is 3710. The van der Waals surface area contributed by atoms with Crippen LogP contribution in [0.25, 0.3) is 0 Å². The smallest absolute Gasteiger partial charge is 0.454 e. The highest BCUT2D eigenvalue weighted by atomic mass is 79.9. The molecule has 6 aromatic rings. The second kappa shape index (κ2) is 36.3. The first-order valence-corrected chi connectivity index (χ1v) is 38.7. The zero-order valence-electron chi connectivity index (χ0n) is 56.8. The van der Waals surface area contributed by atoms with E-state index in [1.54, 1.807) is 155 Å². The van der Waals surface area contributed by atoms with E-state index in [-0.39, 0.29) is 45.2 Å². The Balaban J connectivity index is 1.23. The maximum atomic E-state index is 15.9. The quantitative estimate of drug-likeness (QED) is 0.0118. The fourth-order valence-corrected chi connectivity index (χ4v) is 13.3. The number of hydrogen-bond acceptors (Lipinski definition) is 15. The van der Waals surface area contributed by atoms with Crippen LogP contribution in [0.2, 0.25) is 25.7 Å². The summed E-state index contributed by atoms with van der Waals surface area (Å²) in [5.74, 6) is -59.7. The van der Waals surface area contributed by atoms with Crippen LogP contribution in [0.4, 0.5) is 74.6 Å². The molecule has 2 saturated heterocycles. The zero-order valence-corrected chi connectivity index (χ0v) is 60.3. The van der Waals surface area contributed by atoms with Gasteiger partial charge >= 0.3 is 61.4 Å². The molecule has 2 aliphatic rings. The van der Waals surface area contributed by atoms with E-state index in [2.05, 4.69) is 0 Å². The number of benzene rings is 6. The van der Waals surface area contributed by atoms with Crippen molar-refractivity contribution in [2.75, 3.05) is 26.4 Å². The van der Waals surface area contributed by atoms with Crippen LogP contribution >= 0.6 is 23.8 Å². The molecule has 2 aliphatic heterocycles. The third-order valence-electron chi connectivity index (χ3n) is 16.6. The highest BCUT2D eigenvalue weighted by Gasteiger charge is 2.95. The Hall–Kier alpha value is -5.95. The second-order valence-corrected chi connectivity index (χ2v) is 34.2. The number of halogens is 18. The van der Waals surface area contributed by atoms with E-state index in [4.69, 9.17) is 60.9 Å². The summed E-state index contributed by atoms with van der Waals surface area (Å²) in [6.07, 6.45) is -23.7. The number of phosphoric ester groups is 1. The molecule has 2 heterocycles. The van der Waals surface area contributed by atoms with Gasteiger partial charge in [-0.25, -0.2) is 4.57 Å². The third kappa shape index (κ3) is 20.9. The summed E-state index contributed by atoms with van der Waals surface area (Å²) in [7, 11) is -8.01. The topological polar surface area (TPSA) is 154 Å². The molecule has 0 aliphatic carbocycles. The average Bonchev–Trinajstić information content (AvgIpc) is 0.692. The molecule has 0 saturated carbocycles. The predicted molar refractivity (Wildman–Crippen MR) is 352 cm³/mol. The highest BCUT2D eigenvalue weighted by Crippen LogP contribution is 2.65. The number of rotatable bonds is 39. The molecule has 35 heteroatoms. The van der Waals surface area contributed by atoms with Crippen molar-refractivity contribution in [2.24, 2.45) is 0 Å². The Morgan fingerprint density at radius 3 is 1.20 bits per heavy atom. The molecule has 0 amide bonds. The summed E-state index contributed by atoms with van der Waals surface area (Å²) in [5, 5.41) is 0. The van der Waals surface area contributed by atoms with Crippen LogP contribution in [0, 0.1) is 0 Å². The number of carbonyl (C=O) groups is 1. The summed E-state index contributed by atoms with van der Waals surface area (Å²) < 4.78 is 345. The summed E-state index contributed by atoms with van der Waals surface area (Å²) in [5.41, 5.74) is 3.16. The first kappa shape index (κ1) is 85.7. The van der Waals surface area contributed by atoms with Crippen LogP contribution in [0.3, 0.4) is 0 Å². The minimum absolute atomic E-state index is 0.0279. The van der Waals surface area contributed by atoms with Crippen LogP contribution in [-0.2, 0) is 110 Å². The predicted octanol–water partition coefficient (Wildman–Crippen LogP) is 17.8. The van der Waals surface area contributed by atoms with E-state index in [1.165, 1.54) is 30.3 Å². The van der Waals surface area contributed by atoms with Gasteiger partial charge in [0.15, 0.2) is 18.7 Å². The molecule has 2 unspecified atom stereocenters. The molecule has 15 nitrogen and oxygen atoms in total. The molecule has 0 N–H and O–H groups in total. The lowest BCUT2D eigenvalue weighted by molar-refractivity contribution is -0.461. The normalized spacial score (nSPS) is 22.7. The van der Waals surface area contributed by atoms with Crippen molar-refractivity contribution in [3.05, 3.63) is 215 Å². The third-order valence-corrected chi connectivity index (χ3v) is 20.5. The average molecular weight is 1630 g/mol. The molecule has 8 rings (SSSR count). The van der Waals surface area contributed by atoms with Crippen molar-refractivity contribution < 1.29 is 145 Å². The van der Waals surface area contributed by atoms with Crippen LogP contribution in [0.5, 0.6) is 0 Å². The van der Waals surface area contributed by atoms with E-state index in [9.17, 15) is 53.1 Å². The number of carbonyl (C=O) groups excluding carboxylic acids is 1. The molecular weight excluding hydrogens is 1550 g/mol. The number of alkyl halides is 18. The van der Waals surface area contributed by atoms with Crippen molar-refractivity contribution in [3.63, 3.8) is 0 Å². The molecule has 12 atom stereocenters. The van der Waals surface area contributed by atoms with Crippen LogP contribution in [0.1, 0.15) is 40.3 Å². The van der Waals surface area contributed by atoms with Gasteiger partial charge in [0.2, 0.25) is 0 Å². The number of hydrogen-bond donors (Lipinski definition) is 0. The lowest BCUT2D eigenvalue weighted by atomic mass is 9.88. The molecule has 2 fully saturated rings. The molecule has 6 aromatic carbocycles. The lowest BCUT2D eigenvalue weighted by Crippen LogP contribution is -2.75. The van der Waals surface area contributed by atoms with Gasteiger partial charge in [0.1, 0.15) is 47.6 Å². The minimum Gasteiger partial charge on any atom is -0.454 e. The van der Waals surface area contributed by atoms with Crippen molar-refractivity contribution in [1.82, 2.24) is 0 Å². The first-order valence-electron chi connectivity index (χ1n) is 32.7. The van der Waals surface area contributed by atoms with E-state index in [0.717, 1.165) is 12.5 Å². The summed E-state index contributed by atoms with van der Waals surface area (Å²) in [4.78, 5) is 9.64. The monoisotopic (exact) mass is 1630 g/mol. The van der Waals surface area contributed by atoms with Crippen molar-refractivity contribution in [3.8, 4) is 0 Å². The van der Waals surface area contributed by atoms with Gasteiger partial charge in [0, 0.05) is 21.6 Å². The largest absolute Gasteiger partial charge is 0.475 e. The fourth-order valence-electron chi connectivity index (χ4n) is 10.7. The molecule has 0 aromatic heterocycles. The maximum Gasteiger partial charge on any atom is 0.475 e. The van der Waals surface area contributed by atoms with Crippen LogP contribution in [-0.4, -0.2) is 154 Å². The Kier molecular flexibility index (Phi) is 29.3. The second-order valence-electron chi connectivity index (χ2n) is 25.8. The summed E-state index contributed by atoms with van der Waals surface area (Å²) >= 11 is 1.78. The van der Waals surface area contributed by atoms with E-state index in [1.807, 2.05) is 31.8 Å². The number of esters is 1. The minimum atomic E-state index is -8.90. The Morgan fingerprint density at radius 2 is 0.783 bits per heavy atom. The molecular formula is C71H75BrF17O15PSi. The van der Waals surface area contributed by atoms with Gasteiger partial charge in [-0.2, -0.15) is 74.6 Å². The molecule has 0 bridgehead atoms. The SMILES string of the molecule is CC(=O)O[C@@H]1[C@@H](O[C@H]2[C@@H](OCc3ccccc3)[C@@H](COP(=O)(OCc3ccccc3)OCC(Br)C(F)(F)C(F)(F)C(F)(F)C(F)(F)C(F)(F)C(F)(F)C(F)(F)C(F)(F)F)O[C@@H](OCC[Si](C)(C)C)[C@@H]2OCc2ccccc2)O[C@H](COCc2ccccc2)[C@@H](OCc2ccccc2)[C@@H]1OCc1ccccc1. The van der Waals surface area contributed by atoms with Gasteiger partial charge in [-0.15, -0.1) is 0 Å². The van der Waals surface area contributed by atoms with E-state index < -0.39 is 162 Å². The Morgan fingerprint density at radius 1 is 0.425 bits per heavy atom. The van der Waals surface area contributed by atoms with Crippen molar-refractivity contribution in [1.29, 1.82) is 0 Å². The van der Waals surface area contributed by atoms with Gasteiger partial charge in [-0.05, 0) is 39.4 Å². The summed E-state index contributed by atoms with van der Waals surface area (Å²) in [6.45, 7) is 1.25. The van der Waals surface area contributed by atoms with Crippen molar-refractivity contribution >= 4 is 37.8 Å². The zero-order chi connectivity index (χ0) is 77.6. The lowest BCUT2D eigenvalue weighted by Gasteiger charge is -2.50. The molecule has 0 spiro atoms. The van der Waals surface area contributed by atoms with E-state index >= 15 is 30.9 Å². The standard InChI is InChI=1S/C71H75BrF17O15PSi/c1-46(90)101-61-58(96-40-50-29-17-8-18-30-50)56(94-38-48-25-13-6-14-26-48)53(43-92-37-47-23-11-5-12-24-47)103-63(61)104-59-57(95-39-49-27-15-7-16-28-49)54(102-62(93-35-36-106(2,3)4)60(59)97-41-51-31-19-9-20-32-51)44-99-105(91,98-42-52-33-21-10-22-34-52)100-45-55(72)64(73,74)65(75,76)66(77,78)67(79,80)68(81,82)69(83,84)70(85,86)71(87,88)89/h5-34,53-63H,35-45H2,1-4H3/t53-,54-,55?,56-,57+,58+,59+,60-,61+,62-,63-,105?/m1/s1. The van der Waals surface area contributed by atoms with Gasteiger partial charge < -0.3 is 47.4 Å². The van der Waals surface area contributed by atoms with Crippen molar-refractivity contribution in [2.45, 2.75) is 186 Å². The Labute approximate surface area is 608 Å². The van der Waals surface area contributed by atoms with Gasteiger partial charge in [0.25, 0.3) is 0 Å². The van der Waals surface area contributed by atoms with Gasteiger partial charge in [0.05, 0.1) is 59.5 Å². The summed E-state index contributed by atoms with van der Waals surface area (Å²) in [6, 6.07) is 50.9. The number of ether oxygens (including phenoxy) is 10. The molecule has 0 radical (unpaired) electrons. The highest BCUT2D eigenvalue weighted by molar-refractivity contribution is 9.09. The fraction of sp³-hybridized carbons (Fsp3) is 0.479. The van der Waals surface area contributed by atoms with Gasteiger partial charge in [-0.3, -0.25) is 18.4 Å². The van der Waals surface area contributed by atoms with Gasteiger partial charge in [-0.1, -0.05) is 218 Å². The molecule has 584 valence electrons. The maximum absolute atomic E-state index is 15.9. The first-order chi connectivity index (χ1) is 49.7. The van der Waals surface area contributed by atoms with E-state index in [0.29, 0.717) is 28.3 Å². The number of phosphoric acid groups is 1.